The summed E-state index contributed by atoms with van der Waals surface area (Å²) in [5.74, 6) is 0.00475. The Morgan fingerprint density at radius 2 is 1.72 bits per heavy atom. The van der Waals surface area contributed by atoms with Gasteiger partial charge in [-0.1, -0.05) is 32.0 Å². The Morgan fingerprint density at radius 1 is 1.11 bits per heavy atom. The maximum absolute atomic E-state index is 12.0. The zero-order valence-corrected chi connectivity index (χ0v) is 11.0. The van der Waals surface area contributed by atoms with Crippen LogP contribution in [0.2, 0.25) is 0 Å². The quantitative estimate of drug-likeness (QED) is 0.767. The van der Waals surface area contributed by atoms with Gasteiger partial charge in [0.25, 0.3) is 0 Å². The number of anilines is 1. The van der Waals surface area contributed by atoms with Crippen LogP contribution >= 0.6 is 0 Å². The Balaban J connectivity index is 2.43. The predicted molar refractivity (Wildman–Crippen MR) is 71.8 cm³/mol. The molecule has 1 saturated heterocycles. The summed E-state index contributed by atoms with van der Waals surface area (Å²) in [6.45, 7) is 4.72. The van der Waals surface area contributed by atoms with Gasteiger partial charge in [-0.15, -0.1) is 0 Å². The standard InChI is InChI=1S/C15H19NO2/c1-3-11-6-5-7-12(4-2)15(11)16-9-8-13(17)10-14(16)18/h5-7H,3-4,8-10H2,1-2H3. The molecule has 1 aromatic rings. The average Bonchev–Trinajstić information content (AvgIpc) is 2.38. The van der Waals surface area contributed by atoms with Gasteiger partial charge in [0, 0.05) is 18.7 Å². The molecule has 0 radical (unpaired) electrons. The lowest BCUT2D eigenvalue weighted by molar-refractivity contribution is -0.128. The largest absolute Gasteiger partial charge is 0.311 e. The average molecular weight is 245 g/mol. The van der Waals surface area contributed by atoms with Crippen molar-refractivity contribution in [3.8, 4) is 0 Å². The number of carbonyl (C=O) groups is 2. The molecule has 1 aliphatic heterocycles. The number of hydrogen-bond acceptors (Lipinski definition) is 2. The Kier molecular flexibility index (Phi) is 3.80. The monoisotopic (exact) mass is 245 g/mol. The second kappa shape index (κ2) is 5.34. The minimum absolute atomic E-state index is 0.0538. The number of amides is 1. The molecule has 1 amide bonds. The molecule has 1 aromatic carbocycles. The van der Waals surface area contributed by atoms with E-state index < -0.39 is 0 Å². The number of rotatable bonds is 3. The molecule has 18 heavy (non-hydrogen) atoms. The van der Waals surface area contributed by atoms with Gasteiger partial charge in [0.2, 0.25) is 5.91 Å². The lowest BCUT2D eigenvalue weighted by Crippen LogP contribution is -2.40. The SMILES string of the molecule is CCc1cccc(CC)c1N1CCC(=O)CC1=O. The number of aryl methyl sites for hydroxylation is 2. The van der Waals surface area contributed by atoms with Gasteiger partial charge >= 0.3 is 0 Å². The summed E-state index contributed by atoms with van der Waals surface area (Å²) in [6, 6.07) is 6.18. The van der Waals surface area contributed by atoms with Crippen LogP contribution in [0.15, 0.2) is 18.2 Å². The van der Waals surface area contributed by atoms with E-state index in [2.05, 4.69) is 26.0 Å². The molecule has 0 unspecified atom stereocenters. The summed E-state index contributed by atoms with van der Waals surface area (Å²) >= 11 is 0. The van der Waals surface area contributed by atoms with Crippen LogP contribution in [0.3, 0.4) is 0 Å². The second-order valence-corrected chi connectivity index (χ2v) is 4.64. The second-order valence-electron chi connectivity index (χ2n) is 4.64. The van der Waals surface area contributed by atoms with Gasteiger partial charge in [-0.2, -0.15) is 0 Å². The topological polar surface area (TPSA) is 37.4 Å². The molecule has 0 spiro atoms. The first-order chi connectivity index (χ1) is 8.67. The highest BCUT2D eigenvalue weighted by Gasteiger charge is 2.27. The summed E-state index contributed by atoms with van der Waals surface area (Å²) in [5.41, 5.74) is 3.43. The van der Waals surface area contributed by atoms with Crippen molar-refractivity contribution in [1.82, 2.24) is 0 Å². The third-order valence-corrected chi connectivity index (χ3v) is 3.50. The van der Waals surface area contributed by atoms with E-state index in [4.69, 9.17) is 0 Å². The van der Waals surface area contributed by atoms with Crippen LogP contribution in [0.25, 0.3) is 0 Å². The number of Topliss-reactive ketones (excluding diaryl/α,β-unsaturated/α-hetero) is 1. The first-order valence-electron chi connectivity index (χ1n) is 6.60. The highest BCUT2D eigenvalue weighted by molar-refractivity contribution is 6.09. The molecule has 0 aliphatic carbocycles. The first-order valence-corrected chi connectivity index (χ1v) is 6.60. The summed E-state index contributed by atoms with van der Waals surface area (Å²) < 4.78 is 0. The normalized spacial score (nSPS) is 16.2. The molecule has 1 aliphatic rings. The molecule has 2 rings (SSSR count). The van der Waals surface area contributed by atoms with Gasteiger partial charge in [-0.3, -0.25) is 9.59 Å². The van der Waals surface area contributed by atoms with E-state index in [1.165, 1.54) is 11.1 Å². The smallest absolute Gasteiger partial charge is 0.234 e. The minimum atomic E-state index is -0.0538. The molecular formula is C15H19NO2. The summed E-state index contributed by atoms with van der Waals surface area (Å²) in [7, 11) is 0. The minimum Gasteiger partial charge on any atom is -0.311 e. The Labute approximate surface area is 108 Å². The maximum atomic E-state index is 12.0. The van der Waals surface area contributed by atoms with Crippen LogP contribution in [0, 0.1) is 0 Å². The van der Waals surface area contributed by atoms with E-state index in [-0.39, 0.29) is 18.1 Å². The van der Waals surface area contributed by atoms with E-state index in [1.807, 2.05) is 6.07 Å². The van der Waals surface area contributed by atoms with Crippen LogP contribution in [-0.2, 0) is 22.4 Å². The van der Waals surface area contributed by atoms with Crippen LogP contribution < -0.4 is 4.90 Å². The van der Waals surface area contributed by atoms with Crippen molar-refractivity contribution in [2.24, 2.45) is 0 Å². The number of nitrogens with zero attached hydrogens (tertiary/aromatic N) is 1. The van der Waals surface area contributed by atoms with E-state index in [0.717, 1.165) is 18.5 Å². The van der Waals surface area contributed by atoms with Crippen molar-refractivity contribution in [1.29, 1.82) is 0 Å². The van der Waals surface area contributed by atoms with Crippen LogP contribution in [0.5, 0.6) is 0 Å². The summed E-state index contributed by atoms with van der Waals surface area (Å²) in [5, 5.41) is 0. The summed E-state index contributed by atoms with van der Waals surface area (Å²) in [4.78, 5) is 25.2. The lowest BCUT2D eigenvalue weighted by Gasteiger charge is -2.30. The molecule has 0 N–H and O–H groups in total. The molecule has 1 heterocycles. The Hall–Kier alpha value is -1.64. The summed E-state index contributed by atoms with van der Waals surface area (Å²) in [6.07, 6.45) is 2.34. The van der Waals surface area contributed by atoms with Crippen molar-refractivity contribution >= 4 is 17.4 Å². The van der Waals surface area contributed by atoms with Crippen LogP contribution in [0.1, 0.15) is 37.8 Å². The number of piperidine rings is 1. The van der Waals surface area contributed by atoms with Crippen molar-refractivity contribution in [2.75, 3.05) is 11.4 Å². The zero-order valence-electron chi connectivity index (χ0n) is 11.0. The zero-order chi connectivity index (χ0) is 13.1. The van der Waals surface area contributed by atoms with Gasteiger partial charge < -0.3 is 4.90 Å². The fourth-order valence-electron chi connectivity index (χ4n) is 2.51. The first kappa shape index (κ1) is 12.8. The highest BCUT2D eigenvalue weighted by atomic mass is 16.2. The number of hydrogen-bond donors (Lipinski definition) is 0. The van der Waals surface area contributed by atoms with Crippen LogP contribution in [0.4, 0.5) is 5.69 Å². The fraction of sp³-hybridized carbons (Fsp3) is 0.467. The molecule has 0 aromatic heterocycles. The van der Waals surface area contributed by atoms with Gasteiger partial charge in [0.15, 0.2) is 0 Å². The molecule has 96 valence electrons. The van der Waals surface area contributed by atoms with Gasteiger partial charge in [-0.05, 0) is 24.0 Å². The van der Waals surface area contributed by atoms with E-state index in [1.54, 1.807) is 4.90 Å². The van der Waals surface area contributed by atoms with Gasteiger partial charge in [0.1, 0.15) is 5.78 Å². The molecule has 0 bridgehead atoms. The Morgan fingerprint density at radius 3 is 2.22 bits per heavy atom. The number of ketones is 1. The maximum Gasteiger partial charge on any atom is 0.234 e. The third kappa shape index (κ3) is 2.30. The van der Waals surface area contributed by atoms with Crippen molar-refractivity contribution in [3.63, 3.8) is 0 Å². The van der Waals surface area contributed by atoms with Crippen molar-refractivity contribution in [2.45, 2.75) is 39.5 Å². The number of benzene rings is 1. The molecular weight excluding hydrogens is 226 g/mol. The van der Waals surface area contributed by atoms with Crippen molar-refractivity contribution in [3.05, 3.63) is 29.3 Å². The third-order valence-electron chi connectivity index (χ3n) is 3.50. The molecule has 3 heteroatoms. The van der Waals surface area contributed by atoms with E-state index >= 15 is 0 Å². The fourth-order valence-corrected chi connectivity index (χ4v) is 2.51. The molecule has 0 saturated carbocycles. The number of para-hydroxylation sites is 1. The Bertz CT molecular complexity index is 457. The highest BCUT2D eigenvalue weighted by Crippen LogP contribution is 2.29. The van der Waals surface area contributed by atoms with Gasteiger partial charge in [0.05, 0.1) is 6.42 Å². The predicted octanol–water partition coefficient (Wildman–Crippen LogP) is 2.51. The lowest BCUT2D eigenvalue weighted by atomic mass is 9.99. The molecule has 1 fully saturated rings. The molecule has 3 nitrogen and oxygen atoms in total. The molecule has 0 atom stereocenters. The van der Waals surface area contributed by atoms with E-state index in [9.17, 15) is 9.59 Å². The van der Waals surface area contributed by atoms with E-state index in [0.29, 0.717) is 13.0 Å². The number of carbonyl (C=O) groups excluding carboxylic acids is 2. The van der Waals surface area contributed by atoms with Crippen molar-refractivity contribution < 1.29 is 9.59 Å². The van der Waals surface area contributed by atoms with Gasteiger partial charge in [-0.25, -0.2) is 0 Å². The van der Waals surface area contributed by atoms with Crippen LogP contribution in [-0.4, -0.2) is 18.2 Å².